The van der Waals surface area contributed by atoms with Crippen LogP contribution in [-0.4, -0.2) is 40.6 Å². The zero-order chi connectivity index (χ0) is 15.2. The molecule has 0 bridgehead atoms. The highest BCUT2D eigenvalue weighted by molar-refractivity contribution is 7.99. The quantitative estimate of drug-likeness (QED) is 0.824. The second-order valence-corrected chi connectivity index (χ2v) is 5.16. The molecule has 1 heterocycles. The number of methoxy groups -OCH3 is 1. The van der Waals surface area contributed by atoms with E-state index in [-0.39, 0.29) is 5.91 Å². The van der Waals surface area contributed by atoms with Crippen molar-refractivity contribution in [3.05, 3.63) is 24.3 Å². The minimum absolute atomic E-state index is 0.0375. The number of benzene rings is 1. The molecular weight excluding hydrogens is 288 g/mol. The molecule has 2 rings (SSSR count). The van der Waals surface area contributed by atoms with Crippen LogP contribution in [0.1, 0.15) is 6.92 Å². The third kappa shape index (κ3) is 3.36. The van der Waals surface area contributed by atoms with Gasteiger partial charge in [-0.3, -0.25) is 4.79 Å². The molecule has 0 aliphatic rings. The highest BCUT2D eigenvalue weighted by atomic mass is 32.2. The van der Waals surface area contributed by atoms with Crippen molar-refractivity contribution in [2.75, 3.05) is 19.9 Å². The lowest BCUT2D eigenvalue weighted by atomic mass is 10.2. The van der Waals surface area contributed by atoms with E-state index in [4.69, 9.17) is 4.74 Å². The lowest BCUT2D eigenvalue weighted by Crippen LogP contribution is -2.20. The molecule has 21 heavy (non-hydrogen) atoms. The number of aromatic nitrogens is 3. The number of carbonyl (C=O) groups is 1. The highest BCUT2D eigenvalue weighted by Gasteiger charge is 2.16. The standard InChI is InChI=1S/C14H18N4O2S/c1-4-18-13(10-7-5-6-8-11(10)20-3)16-17-14(18)21-9-12(19)15-2/h5-8H,4,9H2,1-3H3,(H,15,19). The van der Waals surface area contributed by atoms with E-state index in [0.29, 0.717) is 5.75 Å². The van der Waals surface area contributed by atoms with Crippen LogP contribution in [0.4, 0.5) is 0 Å². The van der Waals surface area contributed by atoms with Crippen LogP contribution in [0.5, 0.6) is 5.75 Å². The van der Waals surface area contributed by atoms with Crippen LogP contribution >= 0.6 is 11.8 Å². The summed E-state index contributed by atoms with van der Waals surface area (Å²) >= 11 is 1.37. The van der Waals surface area contributed by atoms with Gasteiger partial charge in [-0.25, -0.2) is 0 Å². The van der Waals surface area contributed by atoms with E-state index < -0.39 is 0 Å². The van der Waals surface area contributed by atoms with Gasteiger partial charge in [0.05, 0.1) is 18.4 Å². The van der Waals surface area contributed by atoms with Crippen LogP contribution in [0.15, 0.2) is 29.4 Å². The van der Waals surface area contributed by atoms with E-state index >= 15 is 0 Å². The molecule has 0 spiro atoms. The van der Waals surface area contributed by atoms with Crippen molar-refractivity contribution in [3.63, 3.8) is 0 Å². The fraction of sp³-hybridized carbons (Fsp3) is 0.357. The highest BCUT2D eigenvalue weighted by Crippen LogP contribution is 2.30. The Kier molecular flexibility index (Phi) is 5.21. The smallest absolute Gasteiger partial charge is 0.230 e. The van der Waals surface area contributed by atoms with Gasteiger partial charge in [-0.1, -0.05) is 23.9 Å². The summed E-state index contributed by atoms with van der Waals surface area (Å²) in [6.45, 7) is 2.74. The van der Waals surface area contributed by atoms with Gasteiger partial charge in [0.2, 0.25) is 5.91 Å². The number of ether oxygens (including phenoxy) is 1. The van der Waals surface area contributed by atoms with E-state index in [9.17, 15) is 4.79 Å². The van der Waals surface area contributed by atoms with E-state index in [1.54, 1.807) is 14.2 Å². The summed E-state index contributed by atoms with van der Waals surface area (Å²) in [5.74, 6) is 1.78. The Labute approximate surface area is 127 Å². The molecule has 112 valence electrons. The van der Waals surface area contributed by atoms with Crippen LogP contribution in [0.2, 0.25) is 0 Å². The third-order valence-corrected chi connectivity index (χ3v) is 3.96. The minimum Gasteiger partial charge on any atom is -0.496 e. The van der Waals surface area contributed by atoms with Crippen molar-refractivity contribution in [2.45, 2.75) is 18.6 Å². The maximum Gasteiger partial charge on any atom is 0.230 e. The number of para-hydroxylation sites is 1. The molecule has 0 atom stereocenters. The van der Waals surface area contributed by atoms with Gasteiger partial charge in [0.15, 0.2) is 11.0 Å². The van der Waals surface area contributed by atoms with E-state index in [0.717, 1.165) is 28.8 Å². The van der Waals surface area contributed by atoms with Crippen molar-refractivity contribution in [1.82, 2.24) is 20.1 Å². The summed E-state index contributed by atoms with van der Waals surface area (Å²) in [5.41, 5.74) is 0.890. The number of carbonyl (C=O) groups excluding carboxylic acids is 1. The molecule has 1 amide bonds. The molecule has 0 unspecified atom stereocenters. The molecular formula is C14H18N4O2S. The molecule has 0 saturated carbocycles. The predicted molar refractivity (Wildman–Crippen MR) is 82.5 cm³/mol. The molecule has 0 aliphatic carbocycles. The maximum atomic E-state index is 11.4. The van der Waals surface area contributed by atoms with Gasteiger partial charge in [-0.2, -0.15) is 0 Å². The first-order chi connectivity index (χ1) is 10.2. The molecule has 0 saturated heterocycles. The summed E-state index contributed by atoms with van der Waals surface area (Å²) < 4.78 is 7.35. The molecule has 1 aromatic carbocycles. The second kappa shape index (κ2) is 7.12. The van der Waals surface area contributed by atoms with E-state index in [1.165, 1.54) is 11.8 Å². The van der Waals surface area contributed by atoms with E-state index in [1.807, 2.05) is 35.8 Å². The number of thioether (sulfide) groups is 1. The van der Waals surface area contributed by atoms with Crippen LogP contribution in [-0.2, 0) is 11.3 Å². The Bertz CT molecular complexity index is 627. The number of nitrogens with zero attached hydrogens (tertiary/aromatic N) is 3. The first kappa shape index (κ1) is 15.4. The minimum atomic E-state index is -0.0375. The number of rotatable bonds is 6. The zero-order valence-corrected chi connectivity index (χ0v) is 13.1. The van der Waals surface area contributed by atoms with Gasteiger partial charge in [0, 0.05) is 13.6 Å². The number of amides is 1. The summed E-state index contributed by atoms with van der Waals surface area (Å²) in [6.07, 6.45) is 0. The fourth-order valence-electron chi connectivity index (χ4n) is 1.91. The Morgan fingerprint density at radius 1 is 1.38 bits per heavy atom. The summed E-state index contributed by atoms with van der Waals surface area (Å²) in [4.78, 5) is 11.4. The topological polar surface area (TPSA) is 69.0 Å². The molecule has 6 nitrogen and oxygen atoms in total. The zero-order valence-electron chi connectivity index (χ0n) is 12.3. The van der Waals surface area contributed by atoms with Gasteiger partial charge in [-0.05, 0) is 19.1 Å². The Balaban J connectivity index is 2.33. The fourth-order valence-corrected chi connectivity index (χ4v) is 2.79. The van der Waals surface area contributed by atoms with Crippen molar-refractivity contribution < 1.29 is 9.53 Å². The number of hydrogen-bond acceptors (Lipinski definition) is 5. The molecule has 0 fully saturated rings. The monoisotopic (exact) mass is 306 g/mol. The van der Waals surface area contributed by atoms with E-state index in [2.05, 4.69) is 15.5 Å². The van der Waals surface area contributed by atoms with Gasteiger partial charge in [-0.15, -0.1) is 10.2 Å². The molecule has 1 N–H and O–H groups in total. The molecule has 0 aliphatic heterocycles. The van der Waals surface area contributed by atoms with Crippen molar-refractivity contribution >= 4 is 17.7 Å². The summed E-state index contributed by atoms with van der Waals surface area (Å²) in [7, 11) is 3.25. The SMILES string of the molecule is CCn1c(SCC(=O)NC)nnc1-c1ccccc1OC. The lowest BCUT2D eigenvalue weighted by Gasteiger charge is -2.10. The second-order valence-electron chi connectivity index (χ2n) is 4.21. The van der Waals surface area contributed by atoms with Crippen LogP contribution in [0.3, 0.4) is 0 Å². The third-order valence-electron chi connectivity index (χ3n) is 2.99. The molecule has 7 heteroatoms. The maximum absolute atomic E-state index is 11.4. The average molecular weight is 306 g/mol. The van der Waals surface area contributed by atoms with Gasteiger partial charge in [0.1, 0.15) is 5.75 Å². The Morgan fingerprint density at radius 2 is 2.14 bits per heavy atom. The van der Waals surface area contributed by atoms with Crippen molar-refractivity contribution in [3.8, 4) is 17.1 Å². The molecule has 1 aromatic heterocycles. The van der Waals surface area contributed by atoms with Gasteiger partial charge >= 0.3 is 0 Å². The molecule has 2 aromatic rings. The lowest BCUT2D eigenvalue weighted by molar-refractivity contribution is -0.118. The number of hydrogen-bond donors (Lipinski definition) is 1. The van der Waals surface area contributed by atoms with Crippen LogP contribution in [0.25, 0.3) is 11.4 Å². The van der Waals surface area contributed by atoms with Crippen molar-refractivity contribution in [2.24, 2.45) is 0 Å². The van der Waals surface area contributed by atoms with Crippen LogP contribution < -0.4 is 10.1 Å². The van der Waals surface area contributed by atoms with Gasteiger partial charge < -0.3 is 14.6 Å². The Morgan fingerprint density at radius 3 is 2.81 bits per heavy atom. The summed E-state index contributed by atoms with van der Waals surface area (Å²) in [6, 6.07) is 7.68. The average Bonchev–Trinajstić information content (AvgIpc) is 2.95. The number of nitrogens with one attached hydrogen (secondary N) is 1. The molecule has 0 radical (unpaired) electrons. The first-order valence-electron chi connectivity index (χ1n) is 6.61. The largest absolute Gasteiger partial charge is 0.496 e. The first-order valence-corrected chi connectivity index (χ1v) is 7.59. The van der Waals surface area contributed by atoms with Crippen LogP contribution in [0, 0.1) is 0 Å². The van der Waals surface area contributed by atoms with Gasteiger partial charge in [0.25, 0.3) is 0 Å². The normalized spacial score (nSPS) is 10.4. The summed E-state index contributed by atoms with van der Waals surface area (Å²) in [5, 5.41) is 11.8. The predicted octanol–water partition coefficient (Wildman–Crippen LogP) is 1.81. The Hall–Kier alpha value is -2.02. The van der Waals surface area contributed by atoms with Crippen molar-refractivity contribution in [1.29, 1.82) is 0 Å².